The second-order valence-electron chi connectivity index (χ2n) is 3.53. The van der Waals surface area contributed by atoms with Gasteiger partial charge in [-0.25, -0.2) is 4.98 Å². The summed E-state index contributed by atoms with van der Waals surface area (Å²) in [6.07, 6.45) is 1.93. The molecule has 2 rings (SSSR count). The first-order chi connectivity index (χ1) is 6.00. The van der Waals surface area contributed by atoms with Crippen LogP contribution in [-0.2, 0) is 5.54 Å². The fourth-order valence-electron chi connectivity index (χ4n) is 1.34. The van der Waals surface area contributed by atoms with Gasteiger partial charge in [-0.05, 0) is 13.8 Å². The van der Waals surface area contributed by atoms with E-state index < -0.39 is 5.54 Å². The van der Waals surface area contributed by atoms with Crippen molar-refractivity contribution >= 4 is 27.9 Å². The Morgan fingerprint density at radius 2 is 2.31 bits per heavy atom. The normalized spacial score (nSPS) is 12.6. The summed E-state index contributed by atoms with van der Waals surface area (Å²) in [4.78, 5) is 5.09. The van der Waals surface area contributed by atoms with Crippen LogP contribution in [0.15, 0.2) is 11.6 Å². The van der Waals surface area contributed by atoms with Crippen LogP contribution in [0, 0.1) is 0 Å². The van der Waals surface area contributed by atoms with Crippen LogP contribution in [0.5, 0.6) is 0 Å². The van der Waals surface area contributed by atoms with Gasteiger partial charge in [0.25, 0.3) is 0 Å². The quantitative estimate of drug-likeness (QED) is 0.793. The van der Waals surface area contributed by atoms with Crippen LogP contribution in [0.1, 0.15) is 19.5 Å². The van der Waals surface area contributed by atoms with Crippen molar-refractivity contribution in [1.82, 2.24) is 9.38 Å². The van der Waals surface area contributed by atoms with Gasteiger partial charge in [-0.1, -0.05) is 11.6 Å². The molecule has 0 unspecified atom stereocenters. The Kier molecular flexibility index (Phi) is 1.87. The molecule has 2 aromatic heterocycles. The molecule has 0 atom stereocenters. The summed E-state index contributed by atoms with van der Waals surface area (Å²) in [5, 5.41) is 2.47. The van der Waals surface area contributed by atoms with E-state index in [0.717, 1.165) is 10.7 Å². The van der Waals surface area contributed by atoms with Crippen molar-refractivity contribution in [2.45, 2.75) is 19.4 Å². The van der Waals surface area contributed by atoms with E-state index in [1.165, 1.54) is 0 Å². The highest BCUT2D eigenvalue weighted by Gasteiger charge is 2.23. The largest absolute Gasteiger partial charge is 0.321 e. The zero-order valence-corrected chi connectivity index (χ0v) is 8.99. The molecule has 0 aliphatic carbocycles. The van der Waals surface area contributed by atoms with Crippen molar-refractivity contribution in [2.24, 2.45) is 5.73 Å². The third kappa shape index (κ3) is 1.35. The Hall–Kier alpha value is -0.580. The SMILES string of the molecule is CC(C)(N)c1c(Cl)nc2sccn12. The van der Waals surface area contributed by atoms with Gasteiger partial charge in [0.05, 0.1) is 11.2 Å². The van der Waals surface area contributed by atoms with E-state index in [0.29, 0.717) is 5.15 Å². The average Bonchev–Trinajstić information content (AvgIpc) is 2.41. The Morgan fingerprint density at radius 1 is 1.62 bits per heavy atom. The van der Waals surface area contributed by atoms with Crippen molar-refractivity contribution in [1.29, 1.82) is 0 Å². The molecule has 13 heavy (non-hydrogen) atoms. The van der Waals surface area contributed by atoms with Crippen LogP contribution in [0.4, 0.5) is 0 Å². The number of hydrogen-bond donors (Lipinski definition) is 1. The number of halogens is 1. The molecule has 0 aromatic carbocycles. The molecule has 5 heteroatoms. The van der Waals surface area contributed by atoms with Crippen LogP contribution in [0.2, 0.25) is 5.15 Å². The van der Waals surface area contributed by atoms with Crippen LogP contribution < -0.4 is 5.73 Å². The lowest BCUT2D eigenvalue weighted by Gasteiger charge is -2.17. The third-order valence-corrected chi connectivity index (χ3v) is 2.85. The molecule has 0 saturated heterocycles. The van der Waals surface area contributed by atoms with Crippen LogP contribution in [-0.4, -0.2) is 9.38 Å². The highest BCUT2D eigenvalue weighted by molar-refractivity contribution is 7.15. The molecule has 2 N–H and O–H groups in total. The third-order valence-electron chi connectivity index (χ3n) is 1.83. The first-order valence-corrected chi connectivity index (χ1v) is 5.16. The maximum atomic E-state index is 5.99. The van der Waals surface area contributed by atoms with Crippen LogP contribution in [0.3, 0.4) is 0 Å². The number of aromatic nitrogens is 2. The predicted octanol–water partition coefficient (Wildman–Crippen LogP) is 2.24. The van der Waals surface area contributed by atoms with Crippen molar-refractivity contribution in [3.8, 4) is 0 Å². The van der Waals surface area contributed by atoms with Crippen molar-refractivity contribution in [3.63, 3.8) is 0 Å². The predicted molar refractivity (Wildman–Crippen MR) is 55.3 cm³/mol. The van der Waals surface area contributed by atoms with E-state index in [9.17, 15) is 0 Å². The Balaban J connectivity index is 2.78. The van der Waals surface area contributed by atoms with Crippen LogP contribution >= 0.6 is 22.9 Å². The summed E-state index contributed by atoms with van der Waals surface area (Å²) in [7, 11) is 0. The summed E-state index contributed by atoms with van der Waals surface area (Å²) in [5.74, 6) is 0. The highest BCUT2D eigenvalue weighted by atomic mass is 35.5. The number of nitrogens with two attached hydrogens (primary N) is 1. The Labute approximate surface area is 85.1 Å². The number of thiazole rings is 1. The van der Waals surface area contributed by atoms with Gasteiger partial charge in [0.15, 0.2) is 10.1 Å². The summed E-state index contributed by atoms with van der Waals surface area (Å²) in [5.41, 5.74) is 6.39. The van der Waals surface area contributed by atoms with Gasteiger partial charge in [0.2, 0.25) is 0 Å². The Bertz CT molecular complexity index is 438. The van der Waals surface area contributed by atoms with Crippen molar-refractivity contribution < 1.29 is 0 Å². The second-order valence-corrected chi connectivity index (χ2v) is 4.76. The molecule has 2 aromatic rings. The number of rotatable bonds is 1. The minimum atomic E-state index is -0.461. The lowest BCUT2D eigenvalue weighted by molar-refractivity contribution is 0.531. The summed E-state index contributed by atoms with van der Waals surface area (Å²) in [6.45, 7) is 3.83. The summed E-state index contributed by atoms with van der Waals surface area (Å²) in [6, 6.07) is 0. The topological polar surface area (TPSA) is 43.3 Å². The van der Waals surface area contributed by atoms with Gasteiger partial charge in [0, 0.05) is 11.6 Å². The van der Waals surface area contributed by atoms with Crippen molar-refractivity contribution in [2.75, 3.05) is 0 Å². The van der Waals surface area contributed by atoms with Gasteiger partial charge < -0.3 is 5.73 Å². The smallest absolute Gasteiger partial charge is 0.195 e. The lowest BCUT2D eigenvalue weighted by Crippen LogP contribution is -2.30. The number of nitrogens with zero attached hydrogens (tertiary/aromatic N) is 2. The molecule has 0 radical (unpaired) electrons. The minimum absolute atomic E-state index is 0.461. The van der Waals surface area contributed by atoms with Gasteiger partial charge in [0.1, 0.15) is 0 Å². The highest BCUT2D eigenvalue weighted by Crippen LogP contribution is 2.28. The van der Waals surface area contributed by atoms with E-state index in [4.69, 9.17) is 17.3 Å². The second kappa shape index (κ2) is 2.70. The van der Waals surface area contributed by atoms with Gasteiger partial charge >= 0.3 is 0 Å². The maximum Gasteiger partial charge on any atom is 0.195 e. The molecule has 0 amide bonds. The van der Waals surface area contributed by atoms with E-state index in [1.807, 2.05) is 29.8 Å². The van der Waals surface area contributed by atoms with Crippen LogP contribution in [0.25, 0.3) is 4.96 Å². The van der Waals surface area contributed by atoms with Gasteiger partial charge in [-0.3, -0.25) is 4.40 Å². The molecule has 0 saturated carbocycles. The molecule has 0 fully saturated rings. The van der Waals surface area contributed by atoms with E-state index in [-0.39, 0.29) is 0 Å². The molecular formula is C8H10ClN3S. The lowest BCUT2D eigenvalue weighted by atomic mass is 10.0. The monoisotopic (exact) mass is 215 g/mol. The fourth-order valence-corrected chi connectivity index (χ4v) is 2.51. The zero-order chi connectivity index (χ0) is 9.64. The summed E-state index contributed by atoms with van der Waals surface area (Å²) >= 11 is 7.54. The number of hydrogen-bond acceptors (Lipinski definition) is 3. The van der Waals surface area contributed by atoms with E-state index in [2.05, 4.69) is 4.98 Å². The van der Waals surface area contributed by atoms with Crippen molar-refractivity contribution in [3.05, 3.63) is 22.4 Å². The van der Waals surface area contributed by atoms with Gasteiger partial charge in [-0.2, -0.15) is 0 Å². The average molecular weight is 216 g/mol. The molecule has 70 valence electrons. The van der Waals surface area contributed by atoms with E-state index in [1.54, 1.807) is 11.3 Å². The number of imidazole rings is 1. The van der Waals surface area contributed by atoms with Gasteiger partial charge in [-0.15, -0.1) is 11.3 Å². The molecule has 2 heterocycles. The first-order valence-electron chi connectivity index (χ1n) is 3.90. The molecular weight excluding hydrogens is 206 g/mol. The molecule has 0 bridgehead atoms. The molecule has 0 aliphatic heterocycles. The Morgan fingerprint density at radius 3 is 2.92 bits per heavy atom. The maximum absolute atomic E-state index is 5.99. The summed E-state index contributed by atoms with van der Waals surface area (Å²) < 4.78 is 1.94. The van der Waals surface area contributed by atoms with E-state index >= 15 is 0 Å². The molecule has 3 nitrogen and oxygen atoms in total. The first kappa shape index (κ1) is 8.99. The number of fused-ring (bicyclic) bond motifs is 1. The molecule has 0 aliphatic rings. The minimum Gasteiger partial charge on any atom is -0.321 e. The zero-order valence-electron chi connectivity index (χ0n) is 7.41. The standard InChI is InChI=1S/C8H10ClN3S/c1-8(2,10)5-6(9)11-7-12(5)3-4-13-7/h3-4H,10H2,1-2H3. The fraction of sp³-hybridized carbons (Fsp3) is 0.375. The molecule has 0 spiro atoms.